The van der Waals surface area contributed by atoms with Crippen LogP contribution in [0.15, 0.2) is 18.2 Å². The molecule has 1 aromatic rings. The molecule has 1 aromatic carbocycles. The molecule has 1 nitrogen and oxygen atoms in total. The Labute approximate surface area is 101 Å². The standard InChI is InChI=1S/C14H19F2N/c1-14(2)8-4-3-5-13(14)17-12-7-6-10(15)9-11(12)16/h6-7,9,13,17H,3-5,8H2,1-2H3. The van der Waals surface area contributed by atoms with Crippen molar-refractivity contribution < 1.29 is 8.78 Å². The van der Waals surface area contributed by atoms with Crippen molar-refractivity contribution in [2.75, 3.05) is 5.32 Å². The van der Waals surface area contributed by atoms with E-state index in [1.54, 1.807) is 0 Å². The van der Waals surface area contributed by atoms with Crippen molar-refractivity contribution in [1.29, 1.82) is 0 Å². The summed E-state index contributed by atoms with van der Waals surface area (Å²) in [7, 11) is 0. The molecule has 1 saturated carbocycles. The van der Waals surface area contributed by atoms with E-state index < -0.39 is 11.6 Å². The molecule has 3 heteroatoms. The van der Waals surface area contributed by atoms with Gasteiger partial charge < -0.3 is 5.32 Å². The van der Waals surface area contributed by atoms with E-state index in [1.807, 2.05) is 0 Å². The number of anilines is 1. The molecule has 1 fully saturated rings. The molecule has 0 aromatic heterocycles. The number of hydrogen-bond acceptors (Lipinski definition) is 1. The third kappa shape index (κ3) is 2.76. The van der Waals surface area contributed by atoms with E-state index in [1.165, 1.54) is 25.0 Å². The van der Waals surface area contributed by atoms with E-state index in [-0.39, 0.29) is 11.5 Å². The van der Waals surface area contributed by atoms with Crippen molar-refractivity contribution in [2.45, 2.75) is 45.6 Å². The van der Waals surface area contributed by atoms with Crippen LogP contribution in [0.1, 0.15) is 39.5 Å². The van der Waals surface area contributed by atoms with Crippen molar-refractivity contribution in [1.82, 2.24) is 0 Å². The van der Waals surface area contributed by atoms with Crippen LogP contribution in [0, 0.1) is 17.0 Å². The minimum atomic E-state index is -0.532. The van der Waals surface area contributed by atoms with Gasteiger partial charge >= 0.3 is 0 Å². The third-order valence-electron chi connectivity index (χ3n) is 3.77. The molecule has 0 bridgehead atoms. The number of hydrogen-bond donors (Lipinski definition) is 1. The van der Waals surface area contributed by atoms with E-state index in [4.69, 9.17) is 0 Å². The molecule has 1 aliphatic rings. The molecule has 0 saturated heterocycles. The number of benzene rings is 1. The first-order valence-corrected chi connectivity index (χ1v) is 6.21. The second-order valence-corrected chi connectivity index (χ2v) is 5.56. The highest BCUT2D eigenvalue weighted by Crippen LogP contribution is 2.37. The first kappa shape index (κ1) is 12.3. The highest BCUT2D eigenvalue weighted by molar-refractivity contribution is 5.46. The lowest BCUT2D eigenvalue weighted by Gasteiger charge is -2.39. The predicted octanol–water partition coefficient (Wildman–Crippen LogP) is 4.35. The van der Waals surface area contributed by atoms with Crippen molar-refractivity contribution in [3.63, 3.8) is 0 Å². The molecule has 0 amide bonds. The van der Waals surface area contributed by atoms with Gasteiger partial charge in [0.15, 0.2) is 0 Å². The summed E-state index contributed by atoms with van der Waals surface area (Å²) in [6, 6.07) is 3.96. The van der Waals surface area contributed by atoms with Gasteiger partial charge in [-0.3, -0.25) is 0 Å². The minimum Gasteiger partial charge on any atom is -0.379 e. The van der Waals surface area contributed by atoms with Crippen LogP contribution >= 0.6 is 0 Å². The average Bonchev–Trinajstić information content (AvgIpc) is 2.24. The molecular formula is C14H19F2N. The largest absolute Gasteiger partial charge is 0.379 e. The summed E-state index contributed by atoms with van der Waals surface area (Å²) in [5, 5.41) is 3.22. The number of halogens is 2. The smallest absolute Gasteiger partial charge is 0.149 e. The van der Waals surface area contributed by atoms with Crippen molar-refractivity contribution >= 4 is 5.69 Å². The maximum Gasteiger partial charge on any atom is 0.149 e. The maximum atomic E-state index is 13.6. The van der Waals surface area contributed by atoms with Gasteiger partial charge in [-0.25, -0.2) is 8.78 Å². The molecule has 0 aliphatic heterocycles. The van der Waals surface area contributed by atoms with Crippen LogP contribution in [0.25, 0.3) is 0 Å². The SMILES string of the molecule is CC1(C)CCCCC1Nc1ccc(F)cc1F. The van der Waals surface area contributed by atoms with E-state index in [0.29, 0.717) is 5.69 Å². The molecule has 0 spiro atoms. The molecule has 1 atom stereocenters. The summed E-state index contributed by atoms with van der Waals surface area (Å²) in [5.41, 5.74) is 0.574. The predicted molar refractivity (Wildman–Crippen MR) is 66.0 cm³/mol. The third-order valence-corrected chi connectivity index (χ3v) is 3.77. The van der Waals surface area contributed by atoms with Gasteiger partial charge in [0, 0.05) is 12.1 Å². The Hall–Kier alpha value is -1.12. The van der Waals surface area contributed by atoms with Gasteiger partial charge in [0.2, 0.25) is 0 Å². The normalized spacial score (nSPS) is 23.4. The van der Waals surface area contributed by atoms with Gasteiger partial charge in [0.25, 0.3) is 0 Å². The first-order chi connectivity index (χ1) is 7.99. The molecule has 94 valence electrons. The Bertz CT molecular complexity index is 401. The zero-order valence-corrected chi connectivity index (χ0v) is 10.4. The summed E-state index contributed by atoms with van der Waals surface area (Å²) < 4.78 is 26.4. The fraction of sp³-hybridized carbons (Fsp3) is 0.571. The lowest BCUT2D eigenvalue weighted by atomic mass is 9.73. The van der Waals surface area contributed by atoms with Crippen molar-refractivity contribution in [3.05, 3.63) is 29.8 Å². The van der Waals surface area contributed by atoms with Gasteiger partial charge in [0.1, 0.15) is 11.6 Å². The Kier molecular flexibility index (Phi) is 3.36. The van der Waals surface area contributed by atoms with Gasteiger partial charge in [0.05, 0.1) is 5.69 Å². The van der Waals surface area contributed by atoms with Crippen LogP contribution in [0.4, 0.5) is 14.5 Å². The highest BCUT2D eigenvalue weighted by atomic mass is 19.1. The molecule has 1 unspecified atom stereocenters. The zero-order valence-electron chi connectivity index (χ0n) is 10.4. The summed E-state index contributed by atoms with van der Waals surface area (Å²) >= 11 is 0. The van der Waals surface area contributed by atoms with Crippen LogP contribution in [0.2, 0.25) is 0 Å². The van der Waals surface area contributed by atoms with Crippen molar-refractivity contribution in [3.8, 4) is 0 Å². The summed E-state index contributed by atoms with van der Waals surface area (Å²) in [6.07, 6.45) is 4.60. The Morgan fingerprint density at radius 2 is 2.00 bits per heavy atom. The van der Waals surface area contributed by atoms with E-state index in [0.717, 1.165) is 18.9 Å². The van der Waals surface area contributed by atoms with Crippen LogP contribution in [-0.2, 0) is 0 Å². The zero-order chi connectivity index (χ0) is 12.5. The molecule has 0 radical (unpaired) electrons. The van der Waals surface area contributed by atoms with Crippen LogP contribution < -0.4 is 5.32 Å². The molecule has 1 N–H and O–H groups in total. The topological polar surface area (TPSA) is 12.0 Å². The minimum absolute atomic E-state index is 0.166. The van der Waals surface area contributed by atoms with E-state index >= 15 is 0 Å². The van der Waals surface area contributed by atoms with Crippen LogP contribution in [0.3, 0.4) is 0 Å². The van der Waals surface area contributed by atoms with Gasteiger partial charge in [-0.15, -0.1) is 0 Å². The fourth-order valence-electron chi connectivity index (χ4n) is 2.56. The number of rotatable bonds is 2. The Morgan fingerprint density at radius 1 is 1.24 bits per heavy atom. The van der Waals surface area contributed by atoms with E-state index in [2.05, 4.69) is 19.2 Å². The lowest BCUT2D eigenvalue weighted by Crippen LogP contribution is -2.39. The second kappa shape index (κ2) is 4.63. The molecular weight excluding hydrogens is 220 g/mol. The maximum absolute atomic E-state index is 13.6. The Morgan fingerprint density at radius 3 is 2.65 bits per heavy atom. The van der Waals surface area contributed by atoms with E-state index in [9.17, 15) is 8.78 Å². The molecule has 17 heavy (non-hydrogen) atoms. The number of nitrogens with one attached hydrogen (secondary N) is 1. The van der Waals surface area contributed by atoms with Gasteiger partial charge in [-0.05, 0) is 30.4 Å². The van der Waals surface area contributed by atoms with Gasteiger partial charge in [-0.1, -0.05) is 26.7 Å². The quantitative estimate of drug-likeness (QED) is 0.809. The molecule has 0 heterocycles. The lowest BCUT2D eigenvalue weighted by molar-refractivity contribution is 0.216. The fourth-order valence-corrected chi connectivity index (χ4v) is 2.56. The van der Waals surface area contributed by atoms with Crippen molar-refractivity contribution in [2.24, 2.45) is 5.41 Å². The summed E-state index contributed by atoms with van der Waals surface area (Å²) in [5.74, 6) is -1.04. The molecule has 2 rings (SSSR count). The molecule has 1 aliphatic carbocycles. The van der Waals surface area contributed by atoms with Gasteiger partial charge in [-0.2, -0.15) is 0 Å². The summed E-state index contributed by atoms with van der Waals surface area (Å²) in [6.45, 7) is 4.40. The van der Waals surface area contributed by atoms with Crippen LogP contribution in [0.5, 0.6) is 0 Å². The monoisotopic (exact) mass is 239 g/mol. The Balaban J connectivity index is 2.14. The highest BCUT2D eigenvalue weighted by Gasteiger charge is 2.32. The first-order valence-electron chi connectivity index (χ1n) is 6.21. The second-order valence-electron chi connectivity index (χ2n) is 5.56. The van der Waals surface area contributed by atoms with Crippen LogP contribution in [-0.4, -0.2) is 6.04 Å². The average molecular weight is 239 g/mol. The summed E-state index contributed by atoms with van der Waals surface area (Å²) in [4.78, 5) is 0.